The van der Waals surface area contributed by atoms with Crippen molar-refractivity contribution in [2.24, 2.45) is 0 Å². The molecule has 0 bridgehead atoms. The fraction of sp³-hybridized carbons (Fsp3) is 0.844. The van der Waals surface area contributed by atoms with E-state index in [2.05, 4.69) is 43.5 Å². The third kappa shape index (κ3) is 36.4. The van der Waals surface area contributed by atoms with Crippen LogP contribution in [0.15, 0.2) is 36.5 Å². The van der Waals surface area contributed by atoms with E-state index in [1.54, 1.807) is 6.08 Å². The Labute approximate surface area is 311 Å². The molecule has 0 spiro atoms. The monoisotopic (exact) mass is 704 g/mol. The largest absolute Gasteiger partial charge is 0.394 e. The van der Waals surface area contributed by atoms with Crippen molar-refractivity contribution in [1.29, 1.82) is 0 Å². The summed E-state index contributed by atoms with van der Waals surface area (Å²) in [6.07, 6.45) is 50.1. The number of aliphatic hydroxyl groups excluding tert-OH is 3. The van der Waals surface area contributed by atoms with Crippen LogP contribution in [0.5, 0.6) is 0 Å². The fourth-order valence-corrected chi connectivity index (χ4v) is 6.53. The molecule has 0 heterocycles. The molecule has 0 aromatic carbocycles. The van der Waals surface area contributed by atoms with E-state index in [1.165, 1.54) is 161 Å². The lowest BCUT2D eigenvalue weighted by atomic mass is 10.0. The maximum absolute atomic E-state index is 12.4. The number of allylic oxidation sites excluding steroid dienone is 5. The molecule has 0 aliphatic carbocycles. The van der Waals surface area contributed by atoms with Gasteiger partial charge in [0.25, 0.3) is 0 Å². The van der Waals surface area contributed by atoms with E-state index in [1.807, 2.05) is 6.08 Å². The van der Waals surface area contributed by atoms with Gasteiger partial charge in [-0.25, -0.2) is 0 Å². The van der Waals surface area contributed by atoms with E-state index in [4.69, 9.17) is 0 Å². The average molecular weight is 704 g/mol. The summed E-state index contributed by atoms with van der Waals surface area (Å²) >= 11 is 0. The van der Waals surface area contributed by atoms with Crippen LogP contribution in [0.4, 0.5) is 0 Å². The molecule has 0 radical (unpaired) electrons. The van der Waals surface area contributed by atoms with Gasteiger partial charge in [-0.3, -0.25) is 4.79 Å². The third-order valence-corrected chi connectivity index (χ3v) is 9.90. The Balaban J connectivity index is 3.65. The summed E-state index contributed by atoms with van der Waals surface area (Å²) in [4.78, 5) is 12.4. The molecule has 5 nitrogen and oxygen atoms in total. The van der Waals surface area contributed by atoms with Gasteiger partial charge in [-0.15, -0.1) is 0 Å². The molecule has 0 fully saturated rings. The Morgan fingerprint density at radius 2 is 0.860 bits per heavy atom. The van der Waals surface area contributed by atoms with Crippen molar-refractivity contribution in [2.75, 3.05) is 6.61 Å². The number of aliphatic hydroxyl groups is 3. The molecule has 4 N–H and O–H groups in total. The van der Waals surface area contributed by atoms with Gasteiger partial charge in [-0.2, -0.15) is 0 Å². The van der Waals surface area contributed by atoms with Gasteiger partial charge >= 0.3 is 0 Å². The van der Waals surface area contributed by atoms with E-state index < -0.39 is 18.2 Å². The molecular weight excluding hydrogens is 618 g/mol. The molecule has 0 aliphatic rings. The first-order chi connectivity index (χ1) is 24.5. The Bertz CT molecular complexity index is 779. The van der Waals surface area contributed by atoms with E-state index in [0.29, 0.717) is 6.42 Å². The van der Waals surface area contributed by atoms with Crippen molar-refractivity contribution in [3.8, 4) is 0 Å². The summed E-state index contributed by atoms with van der Waals surface area (Å²) in [5.41, 5.74) is 0. The first-order valence-electron chi connectivity index (χ1n) is 21.8. The number of rotatable bonds is 39. The Morgan fingerprint density at radius 1 is 0.500 bits per heavy atom. The Kier molecular flexibility index (Phi) is 39.2. The standard InChI is InChI=1S/C45H85NO4/c1-3-5-7-9-11-13-15-17-18-19-20-21-22-23-24-25-26-27-28-30-32-34-36-38-42(48)40-45(50)46-43(41-47)44(49)39-37-35-33-31-29-16-14-12-10-8-6-4-2/h23-24,29,31,37,39,42-44,47-49H,3-22,25-28,30,32-36,38,40-41H2,1-2H3,(H,46,50)/b24-23-,31-29+,39-37+. The summed E-state index contributed by atoms with van der Waals surface area (Å²) in [6.45, 7) is 4.18. The molecule has 3 atom stereocenters. The molecule has 50 heavy (non-hydrogen) atoms. The van der Waals surface area contributed by atoms with Crippen LogP contribution >= 0.6 is 0 Å². The first-order valence-corrected chi connectivity index (χ1v) is 21.8. The zero-order valence-corrected chi connectivity index (χ0v) is 33.3. The Hall–Kier alpha value is -1.43. The minimum absolute atomic E-state index is 0.00313. The quantitative estimate of drug-likeness (QED) is 0.0379. The van der Waals surface area contributed by atoms with Crippen molar-refractivity contribution in [3.63, 3.8) is 0 Å². The van der Waals surface area contributed by atoms with Crippen LogP contribution in [-0.4, -0.2) is 46.1 Å². The maximum Gasteiger partial charge on any atom is 0.222 e. The second-order valence-corrected chi connectivity index (χ2v) is 14.9. The maximum atomic E-state index is 12.4. The van der Waals surface area contributed by atoms with Crippen LogP contribution in [0.25, 0.3) is 0 Å². The highest BCUT2D eigenvalue weighted by molar-refractivity contribution is 5.76. The molecule has 0 saturated carbocycles. The van der Waals surface area contributed by atoms with Gasteiger partial charge in [0.15, 0.2) is 0 Å². The molecule has 1 amide bonds. The predicted octanol–water partition coefficient (Wildman–Crippen LogP) is 12.4. The smallest absolute Gasteiger partial charge is 0.222 e. The number of hydrogen-bond donors (Lipinski definition) is 4. The van der Waals surface area contributed by atoms with Gasteiger partial charge in [0.1, 0.15) is 0 Å². The molecule has 0 saturated heterocycles. The van der Waals surface area contributed by atoms with E-state index >= 15 is 0 Å². The summed E-state index contributed by atoms with van der Waals surface area (Å²) in [6, 6.07) is -0.760. The molecule has 0 aromatic heterocycles. The van der Waals surface area contributed by atoms with E-state index in [9.17, 15) is 20.1 Å². The van der Waals surface area contributed by atoms with Crippen LogP contribution in [0.1, 0.15) is 219 Å². The number of carbonyl (C=O) groups is 1. The van der Waals surface area contributed by atoms with E-state index in [-0.39, 0.29) is 18.9 Å². The SMILES string of the molecule is CCCCCCCC/C=C/CC/C=C/C(O)C(CO)NC(=O)CC(O)CCCCCCCCC/C=C\CCCCCCCCCCCCCC. The summed E-state index contributed by atoms with van der Waals surface area (Å²) < 4.78 is 0. The zero-order valence-electron chi connectivity index (χ0n) is 33.3. The summed E-state index contributed by atoms with van der Waals surface area (Å²) in [5, 5.41) is 33.1. The zero-order chi connectivity index (χ0) is 36.6. The van der Waals surface area contributed by atoms with Gasteiger partial charge in [-0.05, 0) is 57.8 Å². The van der Waals surface area contributed by atoms with Crippen LogP contribution in [0.2, 0.25) is 0 Å². The number of unbranched alkanes of at least 4 members (excludes halogenated alkanes) is 26. The van der Waals surface area contributed by atoms with Crippen molar-refractivity contribution in [1.82, 2.24) is 5.32 Å². The lowest BCUT2D eigenvalue weighted by Gasteiger charge is -2.21. The molecule has 0 aromatic rings. The second kappa shape index (κ2) is 40.3. The fourth-order valence-electron chi connectivity index (χ4n) is 6.53. The van der Waals surface area contributed by atoms with E-state index in [0.717, 1.165) is 32.1 Å². The van der Waals surface area contributed by atoms with Gasteiger partial charge in [-0.1, -0.05) is 192 Å². The van der Waals surface area contributed by atoms with Gasteiger partial charge in [0, 0.05) is 0 Å². The van der Waals surface area contributed by atoms with Crippen LogP contribution < -0.4 is 5.32 Å². The topological polar surface area (TPSA) is 89.8 Å². The minimum atomic E-state index is -0.951. The van der Waals surface area contributed by atoms with Crippen LogP contribution in [-0.2, 0) is 4.79 Å². The normalized spacial score (nSPS) is 13.9. The van der Waals surface area contributed by atoms with Gasteiger partial charge in [0.2, 0.25) is 5.91 Å². The molecular formula is C45H85NO4. The van der Waals surface area contributed by atoms with Gasteiger partial charge in [0.05, 0.1) is 31.3 Å². The summed E-state index contributed by atoms with van der Waals surface area (Å²) in [5.74, 6) is -0.329. The highest BCUT2D eigenvalue weighted by Gasteiger charge is 2.20. The molecule has 294 valence electrons. The highest BCUT2D eigenvalue weighted by Crippen LogP contribution is 2.15. The first kappa shape index (κ1) is 48.6. The minimum Gasteiger partial charge on any atom is -0.394 e. The van der Waals surface area contributed by atoms with Crippen LogP contribution in [0.3, 0.4) is 0 Å². The van der Waals surface area contributed by atoms with Crippen molar-refractivity contribution < 1.29 is 20.1 Å². The van der Waals surface area contributed by atoms with Crippen molar-refractivity contribution in [2.45, 2.75) is 238 Å². The molecule has 0 rings (SSSR count). The number of amides is 1. The Morgan fingerprint density at radius 3 is 1.28 bits per heavy atom. The number of carbonyl (C=O) groups excluding carboxylic acids is 1. The lowest BCUT2D eigenvalue weighted by Crippen LogP contribution is -2.45. The van der Waals surface area contributed by atoms with Crippen molar-refractivity contribution >= 4 is 5.91 Å². The van der Waals surface area contributed by atoms with Crippen LogP contribution in [0, 0.1) is 0 Å². The molecule has 0 aliphatic heterocycles. The number of nitrogens with one attached hydrogen (secondary N) is 1. The summed E-state index contributed by atoms with van der Waals surface area (Å²) in [7, 11) is 0. The highest BCUT2D eigenvalue weighted by atomic mass is 16.3. The molecule has 5 heteroatoms. The molecule has 3 unspecified atom stereocenters. The predicted molar refractivity (Wildman–Crippen MR) is 218 cm³/mol. The second-order valence-electron chi connectivity index (χ2n) is 14.9. The number of hydrogen-bond acceptors (Lipinski definition) is 4. The average Bonchev–Trinajstić information content (AvgIpc) is 3.11. The van der Waals surface area contributed by atoms with Crippen molar-refractivity contribution in [3.05, 3.63) is 36.5 Å². The lowest BCUT2D eigenvalue weighted by molar-refractivity contribution is -0.124. The third-order valence-electron chi connectivity index (χ3n) is 9.90. The van der Waals surface area contributed by atoms with Gasteiger partial charge < -0.3 is 20.6 Å².